The Bertz CT molecular complexity index is 497. The van der Waals surface area contributed by atoms with E-state index in [0.717, 1.165) is 0 Å². The quantitative estimate of drug-likeness (QED) is 0.855. The summed E-state index contributed by atoms with van der Waals surface area (Å²) >= 11 is 0.602. The molecule has 0 amide bonds. The van der Waals surface area contributed by atoms with E-state index in [0.29, 0.717) is 27.0 Å². The summed E-state index contributed by atoms with van der Waals surface area (Å²) in [6.45, 7) is 0. The summed E-state index contributed by atoms with van der Waals surface area (Å²) in [6.07, 6.45) is 2.59. The van der Waals surface area contributed by atoms with Gasteiger partial charge in [0.1, 0.15) is 0 Å². The molecule has 0 radical (unpaired) electrons. The first-order valence-electron chi connectivity index (χ1n) is 6.90. The van der Waals surface area contributed by atoms with Gasteiger partial charge in [0, 0.05) is 0 Å². The monoisotopic (exact) mass is 317 g/mol. The van der Waals surface area contributed by atoms with Gasteiger partial charge in [0.25, 0.3) is 0 Å². The third kappa shape index (κ3) is 3.48. The average molecular weight is 316 g/mol. The molecule has 2 aromatic carbocycles. The van der Waals surface area contributed by atoms with Gasteiger partial charge < -0.3 is 0 Å². The van der Waals surface area contributed by atoms with Crippen molar-refractivity contribution in [2.24, 2.45) is 0 Å². The minimum absolute atomic E-state index is 0.567. The zero-order valence-electron chi connectivity index (χ0n) is 11.0. The fourth-order valence-corrected chi connectivity index (χ4v) is 4.72. The van der Waals surface area contributed by atoms with Crippen LogP contribution in [0.4, 0.5) is 0 Å². The zero-order chi connectivity index (χ0) is 12.9. The standard InChI is InChI=1S/C17H19NSe/c1-3-7-14(8-4-1)17-12-11-15(18-17)13-19-16-9-5-2-6-10-16/h1-10,15,17-18H,11-13H2/t15-,17+/m1/s1. The van der Waals surface area contributed by atoms with E-state index in [1.807, 2.05) is 0 Å². The van der Waals surface area contributed by atoms with Gasteiger partial charge >= 0.3 is 121 Å². The van der Waals surface area contributed by atoms with E-state index < -0.39 is 0 Å². The van der Waals surface area contributed by atoms with E-state index >= 15 is 0 Å². The zero-order valence-corrected chi connectivity index (χ0v) is 12.7. The van der Waals surface area contributed by atoms with Crippen LogP contribution in [0.15, 0.2) is 60.7 Å². The van der Waals surface area contributed by atoms with Crippen LogP contribution in [-0.2, 0) is 0 Å². The van der Waals surface area contributed by atoms with Gasteiger partial charge in [0.05, 0.1) is 0 Å². The molecule has 3 rings (SSSR count). The van der Waals surface area contributed by atoms with Crippen molar-refractivity contribution in [1.29, 1.82) is 0 Å². The molecule has 0 bridgehead atoms. The van der Waals surface area contributed by atoms with Crippen LogP contribution in [0.1, 0.15) is 24.4 Å². The minimum atomic E-state index is 0.567. The molecule has 0 aromatic heterocycles. The first-order valence-corrected chi connectivity index (χ1v) is 8.97. The van der Waals surface area contributed by atoms with Gasteiger partial charge in [-0.25, -0.2) is 0 Å². The van der Waals surface area contributed by atoms with Crippen LogP contribution in [0.25, 0.3) is 0 Å². The number of benzene rings is 2. The van der Waals surface area contributed by atoms with Gasteiger partial charge in [0.2, 0.25) is 0 Å². The predicted octanol–water partition coefficient (Wildman–Crippen LogP) is 2.93. The van der Waals surface area contributed by atoms with Crippen molar-refractivity contribution in [3.8, 4) is 0 Å². The van der Waals surface area contributed by atoms with Crippen LogP contribution in [0.5, 0.6) is 0 Å². The molecule has 1 aliphatic heterocycles. The van der Waals surface area contributed by atoms with Crippen LogP contribution < -0.4 is 9.78 Å². The van der Waals surface area contributed by atoms with Crippen LogP contribution in [-0.4, -0.2) is 21.0 Å². The van der Waals surface area contributed by atoms with Gasteiger partial charge in [0.15, 0.2) is 0 Å². The van der Waals surface area contributed by atoms with Crippen LogP contribution in [0.3, 0.4) is 0 Å². The average Bonchev–Trinajstić information content (AvgIpc) is 2.96. The van der Waals surface area contributed by atoms with Crippen molar-refractivity contribution < 1.29 is 0 Å². The Morgan fingerprint density at radius 3 is 2.32 bits per heavy atom. The van der Waals surface area contributed by atoms with Gasteiger partial charge in [-0.15, -0.1) is 0 Å². The van der Waals surface area contributed by atoms with Gasteiger partial charge in [-0.1, -0.05) is 0 Å². The predicted molar refractivity (Wildman–Crippen MR) is 82.0 cm³/mol. The van der Waals surface area contributed by atoms with Crippen molar-refractivity contribution in [1.82, 2.24) is 5.32 Å². The fraction of sp³-hybridized carbons (Fsp3) is 0.294. The summed E-state index contributed by atoms with van der Waals surface area (Å²) in [6, 6.07) is 23.0. The molecule has 0 spiro atoms. The molecule has 19 heavy (non-hydrogen) atoms. The number of nitrogens with one attached hydrogen (secondary N) is 1. The summed E-state index contributed by atoms with van der Waals surface area (Å²) in [4.78, 5) is 0. The molecular formula is C17H19NSe. The summed E-state index contributed by atoms with van der Waals surface area (Å²) in [7, 11) is 0. The third-order valence-corrected chi connectivity index (χ3v) is 6.10. The van der Waals surface area contributed by atoms with E-state index in [1.165, 1.54) is 28.2 Å². The molecule has 1 fully saturated rings. The summed E-state index contributed by atoms with van der Waals surface area (Å²) < 4.78 is 1.51. The van der Waals surface area contributed by atoms with Gasteiger partial charge in [-0.3, -0.25) is 0 Å². The SMILES string of the molecule is c1ccc([Se]C[C@H]2CC[C@@H](c3ccccc3)N2)cc1. The van der Waals surface area contributed by atoms with E-state index in [1.54, 1.807) is 0 Å². The van der Waals surface area contributed by atoms with E-state index in [4.69, 9.17) is 0 Å². The van der Waals surface area contributed by atoms with E-state index in [2.05, 4.69) is 66.0 Å². The number of hydrogen-bond donors (Lipinski definition) is 1. The first kappa shape index (κ1) is 12.9. The van der Waals surface area contributed by atoms with Crippen molar-refractivity contribution in [2.45, 2.75) is 30.2 Å². The van der Waals surface area contributed by atoms with Crippen molar-refractivity contribution in [2.75, 3.05) is 0 Å². The maximum atomic E-state index is 3.79. The van der Waals surface area contributed by atoms with E-state index in [9.17, 15) is 0 Å². The summed E-state index contributed by atoms with van der Waals surface area (Å²) in [5.74, 6) is 0. The molecule has 2 heteroatoms. The second-order valence-corrected chi connectivity index (χ2v) is 7.32. The summed E-state index contributed by atoms with van der Waals surface area (Å²) in [5, 5.41) is 5.10. The Hall–Kier alpha value is -1.08. The Morgan fingerprint density at radius 1 is 0.895 bits per heavy atom. The van der Waals surface area contributed by atoms with Crippen LogP contribution in [0.2, 0.25) is 5.32 Å². The van der Waals surface area contributed by atoms with Crippen molar-refractivity contribution in [3.63, 3.8) is 0 Å². The van der Waals surface area contributed by atoms with Crippen molar-refractivity contribution in [3.05, 3.63) is 66.2 Å². The number of rotatable bonds is 4. The molecule has 2 aromatic rings. The molecule has 2 atom stereocenters. The molecule has 1 saturated heterocycles. The Balaban J connectivity index is 1.52. The Morgan fingerprint density at radius 2 is 1.58 bits per heavy atom. The van der Waals surface area contributed by atoms with E-state index in [-0.39, 0.29) is 0 Å². The Labute approximate surface area is 121 Å². The van der Waals surface area contributed by atoms with Crippen molar-refractivity contribution >= 4 is 19.4 Å². The molecule has 98 valence electrons. The molecule has 0 saturated carbocycles. The topological polar surface area (TPSA) is 12.0 Å². The molecular weight excluding hydrogens is 297 g/mol. The van der Waals surface area contributed by atoms with Crippen LogP contribution >= 0.6 is 0 Å². The Kier molecular flexibility index (Phi) is 4.34. The second kappa shape index (κ2) is 6.38. The number of hydrogen-bond acceptors (Lipinski definition) is 1. The molecule has 1 N–H and O–H groups in total. The van der Waals surface area contributed by atoms with Crippen LogP contribution in [0, 0.1) is 0 Å². The molecule has 1 aliphatic rings. The second-order valence-electron chi connectivity index (χ2n) is 5.03. The van der Waals surface area contributed by atoms with Gasteiger partial charge in [-0.2, -0.15) is 0 Å². The normalized spacial score (nSPS) is 22.5. The molecule has 0 aliphatic carbocycles. The molecule has 0 unspecified atom stereocenters. The fourth-order valence-electron chi connectivity index (χ4n) is 2.61. The first-order chi connectivity index (χ1) is 9.42. The molecule has 1 heterocycles. The summed E-state index contributed by atoms with van der Waals surface area (Å²) in [5.41, 5.74) is 1.44. The maximum absolute atomic E-state index is 3.79. The third-order valence-electron chi connectivity index (χ3n) is 3.64. The molecule has 1 nitrogen and oxygen atoms in total. The van der Waals surface area contributed by atoms with Gasteiger partial charge in [-0.05, 0) is 0 Å².